The van der Waals surface area contributed by atoms with Gasteiger partial charge in [-0.1, -0.05) is 75.6 Å². The Labute approximate surface area is 215 Å². The Morgan fingerprint density at radius 1 is 0.944 bits per heavy atom. The first-order valence-electron chi connectivity index (χ1n) is 12.7. The molecule has 0 saturated carbocycles. The second-order valence-corrected chi connectivity index (χ2v) is 10.9. The number of hydrogen-bond donors (Lipinski definition) is 1. The van der Waals surface area contributed by atoms with Gasteiger partial charge in [0, 0.05) is 11.6 Å². The van der Waals surface area contributed by atoms with Crippen LogP contribution in [0, 0.1) is 19.3 Å². The first-order valence-corrected chi connectivity index (χ1v) is 12.7. The normalized spacial score (nSPS) is 13.3. The third-order valence-electron chi connectivity index (χ3n) is 6.74. The maximum atomic E-state index is 14.0. The van der Waals surface area contributed by atoms with Crippen molar-refractivity contribution >= 4 is 22.6 Å². The van der Waals surface area contributed by atoms with Crippen molar-refractivity contribution < 1.29 is 14.3 Å². The third-order valence-corrected chi connectivity index (χ3v) is 6.74. The van der Waals surface area contributed by atoms with E-state index in [4.69, 9.17) is 4.74 Å². The topological polar surface area (TPSA) is 58.6 Å². The van der Waals surface area contributed by atoms with Crippen LogP contribution in [0.4, 0.5) is 0 Å². The molecule has 36 heavy (non-hydrogen) atoms. The quantitative estimate of drug-likeness (QED) is 0.348. The number of methoxy groups -OCH3 is 1. The Balaban J connectivity index is 2.00. The molecule has 3 rings (SSSR count). The Morgan fingerprint density at radius 2 is 1.56 bits per heavy atom. The summed E-state index contributed by atoms with van der Waals surface area (Å²) in [6, 6.07) is 17.5. The number of hydrogen-bond acceptors (Lipinski definition) is 4. The monoisotopic (exact) mass is 488 g/mol. The number of hydrazine groups is 1. The number of nitrogens with one attached hydrogen (secondary N) is 1. The van der Waals surface area contributed by atoms with Crippen LogP contribution in [0.1, 0.15) is 80.4 Å². The smallest absolute Gasteiger partial charge is 0.275 e. The molecule has 0 spiro atoms. The average Bonchev–Trinajstić information content (AvgIpc) is 2.83. The summed E-state index contributed by atoms with van der Waals surface area (Å²) in [5.41, 5.74) is 6.57. The lowest BCUT2D eigenvalue weighted by Gasteiger charge is -2.36. The van der Waals surface area contributed by atoms with Gasteiger partial charge in [0.2, 0.25) is 0 Å². The minimum Gasteiger partial charge on any atom is -0.497 e. The molecule has 0 aromatic heterocycles. The zero-order chi connectivity index (χ0) is 26.6. The molecule has 192 valence electrons. The number of fused-ring (bicyclic) bond motifs is 1. The van der Waals surface area contributed by atoms with E-state index in [1.165, 1.54) is 5.01 Å². The van der Waals surface area contributed by atoms with E-state index in [9.17, 15) is 9.59 Å². The van der Waals surface area contributed by atoms with E-state index in [-0.39, 0.29) is 23.3 Å². The maximum absolute atomic E-state index is 14.0. The minimum atomic E-state index is -0.513. The van der Waals surface area contributed by atoms with Gasteiger partial charge in [-0.25, -0.2) is 10.4 Å². The number of nitrogens with zero attached hydrogens (tertiary/aromatic N) is 1. The van der Waals surface area contributed by atoms with Gasteiger partial charge in [-0.3, -0.25) is 9.59 Å². The number of ether oxygens (including phenoxy) is 1. The van der Waals surface area contributed by atoms with E-state index in [0.29, 0.717) is 5.56 Å². The standard InChI is InChI=1S/C31H40N2O3/c1-9-10-28(31(5,6)7)32-33(30(35)26-16-20(2)15-21(3)17-26)29(34)22(4)23-11-12-25-19-27(36-8)14-13-24(25)18-23/h11-19,22,28,32H,9-10H2,1-8H3. The van der Waals surface area contributed by atoms with E-state index < -0.39 is 5.92 Å². The Bertz CT molecular complexity index is 1220. The van der Waals surface area contributed by atoms with Crippen LogP contribution in [0.25, 0.3) is 10.8 Å². The van der Waals surface area contributed by atoms with Crippen LogP contribution < -0.4 is 10.2 Å². The summed E-state index contributed by atoms with van der Waals surface area (Å²) >= 11 is 0. The van der Waals surface area contributed by atoms with Gasteiger partial charge in [0.25, 0.3) is 11.8 Å². The van der Waals surface area contributed by atoms with Crippen molar-refractivity contribution in [3.05, 3.63) is 76.9 Å². The second kappa shape index (κ2) is 11.3. The number of rotatable bonds is 8. The number of imide groups is 1. The molecule has 0 radical (unpaired) electrons. The number of aryl methyl sites for hydroxylation is 2. The molecule has 1 N–H and O–H groups in total. The van der Waals surface area contributed by atoms with Gasteiger partial charge in [-0.05, 0) is 73.2 Å². The maximum Gasteiger partial charge on any atom is 0.275 e. The summed E-state index contributed by atoms with van der Waals surface area (Å²) in [4.78, 5) is 27.8. The SMILES string of the molecule is CCCC(NN(C(=O)c1cc(C)cc(C)c1)C(=O)C(C)c1ccc2cc(OC)ccc2c1)C(C)(C)C. The van der Waals surface area contributed by atoms with Crippen LogP contribution >= 0.6 is 0 Å². The molecule has 5 nitrogen and oxygen atoms in total. The van der Waals surface area contributed by atoms with Gasteiger partial charge in [0.1, 0.15) is 5.75 Å². The molecule has 0 aliphatic heterocycles. The highest BCUT2D eigenvalue weighted by Crippen LogP contribution is 2.28. The Hall–Kier alpha value is -3.18. The Morgan fingerprint density at radius 3 is 2.14 bits per heavy atom. The van der Waals surface area contributed by atoms with Crippen LogP contribution in [0.15, 0.2) is 54.6 Å². The number of carbonyl (C=O) groups excluding carboxylic acids is 2. The summed E-state index contributed by atoms with van der Waals surface area (Å²) in [5.74, 6) is -0.314. The van der Waals surface area contributed by atoms with E-state index in [0.717, 1.165) is 46.1 Å². The molecule has 2 amide bonds. The fourth-order valence-electron chi connectivity index (χ4n) is 4.56. The van der Waals surface area contributed by atoms with Gasteiger partial charge in [-0.15, -0.1) is 0 Å². The molecule has 0 aliphatic carbocycles. The minimum absolute atomic E-state index is 0.0439. The van der Waals surface area contributed by atoms with Gasteiger partial charge in [0.15, 0.2) is 0 Å². The van der Waals surface area contributed by atoms with Crippen molar-refractivity contribution in [3.8, 4) is 5.75 Å². The van der Waals surface area contributed by atoms with Crippen molar-refractivity contribution in [3.63, 3.8) is 0 Å². The zero-order valence-electron chi connectivity index (χ0n) is 22.9. The molecular formula is C31H40N2O3. The van der Waals surface area contributed by atoms with E-state index >= 15 is 0 Å². The second-order valence-electron chi connectivity index (χ2n) is 10.9. The molecule has 5 heteroatoms. The molecular weight excluding hydrogens is 448 g/mol. The van der Waals surface area contributed by atoms with Crippen molar-refractivity contribution in [1.29, 1.82) is 0 Å². The lowest BCUT2D eigenvalue weighted by molar-refractivity contribution is -0.133. The van der Waals surface area contributed by atoms with Gasteiger partial charge < -0.3 is 4.74 Å². The summed E-state index contributed by atoms with van der Waals surface area (Å²) in [6.45, 7) is 14.3. The molecule has 0 heterocycles. The van der Waals surface area contributed by atoms with Crippen LogP contribution in [0.3, 0.4) is 0 Å². The predicted octanol–water partition coefficient (Wildman–Crippen LogP) is 6.96. The predicted molar refractivity (Wildman–Crippen MR) is 147 cm³/mol. The number of carbonyl (C=O) groups is 2. The van der Waals surface area contributed by atoms with E-state index in [2.05, 4.69) is 33.1 Å². The molecule has 0 saturated heterocycles. The zero-order valence-corrected chi connectivity index (χ0v) is 22.9. The number of benzene rings is 3. The molecule has 0 fully saturated rings. The lowest BCUT2D eigenvalue weighted by atomic mass is 9.84. The van der Waals surface area contributed by atoms with Crippen molar-refractivity contribution in [2.24, 2.45) is 5.41 Å². The van der Waals surface area contributed by atoms with Crippen molar-refractivity contribution in [1.82, 2.24) is 10.4 Å². The highest BCUT2D eigenvalue weighted by molar-refractivity contribution is 6.06. The molecule has 2 unspecified atom stereocenters. The first kappa shape index (κ1) is 27.4. The summed E-state index contributed by atoms with van der Waals surface area (Å²) in [6.07, 6.45) is 1.79. The summed E-state index contributed by atoms with van der Waals surface area (Å²) < 4.78 is 5.33. The molecule has 3 aromatic carbocycles. The van der Waals surface area contributed by atoms with Crippen LogP contribution in [0.5, 0.6) is 5.75 Å². The summed E-state index contributed by atoms with van der Waals surface area (Å²) in [5, 5.41) is 3.32. The summed E-state index contributed by atoms with van der Waals surface area (Å²) in [7, 11) is 1.65. The molecule has 2 atom stereocenters. The molecule has 0 aliphatic rings. The van der Waals surface area contributed by atoms with Gasteiger partial charge in [-0.2, -0.15) is 0 Å². The van der Waals surface area contributed by atoms with E-state index in [1.54, 1.807) is 7.11 Å². The van der Waals surface area contributed by atoms with Crippen LogP contribution in [-0.2, 0) is 4.79 Å². The third kappa shape index (κ3) is 6.33. The number of amides is 2. The average molecular weight is 489 g/mol. The highest BCUT2D eigenvalue weighted by Gasteiger charge is 2.34. The van der Waals surface area contributed by atoms with Gasteiger partial charge >= 0.3 is 0 Å². The van der Waals surface area contributed by atoms with Gasteiger partial charge in [0.05, 0.1) is 13.0 Å². The van der Waals surface area contributed by atoms with Crippen LogP contribution in [0.2, 0.25) is 0 Å². The van der Waals surface area contributed by atoms with Crippen molar-refractivity contribution in [2.75, 3.05) is 7.11 Å². The van der Waals surface area contributed by atoms with Crippen molar-refractivity contribution in [2.45, 2.75) is 73.3 Å². The Kier molecular flexibility index (Phi) is 8.57. The lowest BCUT2D eigenvalue weighted by Crippen LogP contribution is -2.56. The highest BCUT2D eigenvalue weighted by atomic mass is 16.5. The largest absolute Gasteiger partial charge is 0.497 e. The first-order chi connectivity index (χ1) is 16.9. The van der Waals surface area contributed by atoms with Crippen LogP contribution in [-0.4, -0.2) is 30.0 Å². The fraction of sp³-hybridized carbons (Fsp3) is 0.419. The molecule has 3 aromatic rings. The molecule has 0 bridgehead atoms. The fourth-order valence-corrected chi connectivity index (χ4v) is 4.56. The van der Waals surface area contributed by atoms with E-state index in [1.807, 2.05) is 75.4 Å².